The smallest absolute Gasteiger partial charge is 0.407 e. The van der Waals surface area contributed by atoms with Gasteiger partial charge in [0, 0.05) is 5.92 Å². The molecule has 1 aliphatic rings. The van der Waals surface area contributed by atoms with Crippen LogP contribution < -0.4 is 5.32 Å². The van der Waals surface area contributed by atoms with Crippen molar-refractivity contribution in [2.45, 2.75) is 51.4 Å². The summed E-state index contributed by atoms with van der Waals surface area (Å²) in [7, 11) is 0. The SMILES string of the molecule is C[C@@H](OC(C)(C)C)[C@H](NC(=O)OCC1c2ccccc2-c2ccccc21)C(=O)n1nnc2ccccc21. The van der Waals surface area contributed by atoms with Gasteiger partial charge in [-0.05, 0) is 62.1 Å². The van der Waals surface area contributed by atoms with Gasteiger partial charge in [-0.15, -0.1) is 5.10 Å². The molecule has 37 heavy (non-hydrogen) atoms. The number of nitrogens with zero attached hydrogens (tertiary/aromatic N) is 3. The monoisotopic (exact) mass is 498 g/mol. The van der Waals surface area contributed by atoms with Gasteiger partial charge in [-0.2, -0.15) is 4.68 Å². The molecule has 5 rings (SSSR count). The number of fused-ring (bicyclic) bond motifs is 4. The second-order valence-corrected chi connectivity index (χ2v) is 10.2. The van der Waals surface area contributed by atoms with Crippen LogP contribution in [-0.4, -0.2) is 51.3 Å². The Morgan fingerprint density at radius 3 is 2.19 bits per heavy atom. The molecule has 0 saturated heterocycles. The predicted octanol–water partition coefficient (Wildman–Crippen LogP) is 5.18. The average Bonchev–Trinajstić information content (AvgIpc) is 3.44. The quantitative estimate of drug-likeness (QED) is 0.393. The van der Waals surface area contributed by atoms with E-state index in [9.17, 15) is 9.59 Å². The fourth-order valence-corrected chi connectivity index (χ4v) is 4.94. The maximum absolute atomic E-state index is 13.6. The Balaban J connectivity index is 1.35. The molecule has 0 aliphatic heterocycles. The number of nitrogens with one attached hydrogen (secondary N) is 1. The molecule has 8 nitrogen and oxygen atoms in total. The van der Waals surface area contributed by atoms with E-state index >= 15 is 0 Å². The molecule has 1 aliphatic carbocycles. The summed E-state index contributed by atoms with van der Waals surface area (Å²) in [6.07, 6.45) is -1.36. The topological polar surface area (TPSA) is 95.3 Å². The molecule has 2 atom stereocenters. The summed E-state index contributed by atoms with van der Waals surface area (Å²) in [5.74, 6) is -0.547. The first-order valence-corrected chi connectivity index (χ1v) is 12.4. The summed E-state index contributed by atoms with van der Waals surface area (Å²) in [4.78, 5) is 26.6. The van der Waals surface area contributed by atoms with Crippen molar-refractivity contribution in [3.05, 3.63) is 83.9 Å². The second-order valence-electron chi connectivity index (χ2n) is 10.2. The highest BCUT2D eigenvalue weighted by Gasteiger charge is 2.34. The first kappa shape index (κ1) is 24.6. The van der Waals surface area contributed by atoms with Gasteiger partial charge < -0.3 is 14.8 Å². The van der Waals surface area contributed by atoms with Crippen LogP contribution in [0.4, 0.5) is 4.79 Å². The fourth-order valence-electron chi connectivity index (χ4n) is 4.94. The van der Waals surface area contributed by atoms with Crippen molar-refractivity contribution in [3.8, 4) is 11.1 Å². The van der Waals surface area contributed by atoms with Gasteiger partial charge in [0.05, 0.1) is 17.2 Å². The summed E-state index contributed by atoms with van der Waals surface area (Å²) >= 11 is 0. The molecule has 1 N–H and O–H groups in total. The first-order chi connectivity index (χ1) is 17.7. The summed E-state index contributed by atoms with van der Waals surface area (Å²) < 4.78 is 13.0. The van der Waals surface area contributed by atoms with Crippen molar-refractivity contribution in [2.75, 3.05) is 6.61 Å². The van der Waals surface area contributed by atoms with Crippen LogP contribution in [0.15, 0.2) is 72.8 Å². The molecule has 0 spiro atoms. The van der Waals surface area contributed by atoms with Gasteiger partial charge >= 0.3 is 6.09 Å². The van der Waals surface area contributed by atoms with E-state index in [1.807, 2.05) is 51.1 Å². The molecule has 0 unspecified atom stereocenters. The van der Waals surface area contributed by atoms with Crippen molar-refractivity contribution in [1.82, 2.24) is 20.3 Å². The van der Waals surface area contributed by atoms with Crippen LogP contribution in [0.5, 0.6) is 0 Å². The third-order valence-electron chi connectivity index (χ3n) is 6.45. The Labute approximate surface area is 215 Å². The number of para-hydroxylation sites is 1. The molecule has 3 aromatic carbocycles. The van der Waals surface area contributed by atoms with Gasteiger partial charge in [-0.3, -0.25) is 4.79 Å². The summed E-state index contributed by atoms with van der Waals surface area (Å²) in [5, 5.41) is 10.8. The number of rotatable bonds is 6. The number of carbonyl (C=O) groups is 2. The number of hydrogen-bond donors (Lipinski definition) is 1. The number of amides is 1. The lowest BCUT2D eigenvalue weighted by Crippen LogP contribution is -2.52. The Morgan fingerprint density at radius 1 is 0.946 bits per heavy atom. The Morgan fingerprint density at radius 2 is 1.54 bits per heavy atom. The molecule has 1 amide bonds. The Hall–Kier alpha value is -4.04. The van der Waals surface area contributed by atoms with Crippen LogP contribution in [0.3, 0.4) is 0 Å². The molecular formula is C29H30N4O4. The van der Waals surface area contributed by atoms with E-state index in [-0.39, 0.29) is 12.5 Å². The maximum Gasteiger partial charge on any atom is 0.407 e. The van der Waals surface area contributed by atoms with Crippen LogP contribution in [0, 0.1) is 0 Å². The van der Waals surface area contributed by atoms with E-state index in [1.54, 1.807) is 25.1 Å². The lowest BCUT2D eigenvalue weighted by molar-refractivity contribution is -0.0620. The molecule has 1 heterocycles. The van der Waals surface area contributed by atoms with Crippen molar-refractivity contribution >= 4 is 23.0 Å². The van der Waals surface area contributed by atoms with Crippen LogP contribution in [0.1, 0.15) is 49.5 Å². The van der Waals surface area contributed by atoms with Gasteiger partial charge in [0.1, 0.15) is 18.2 Å². The van der Waals surface area contributed by atoms with Crippen molar-refractivity contribution in [3.63, 3.8) is 0 Å². The predicted molar refractivity (Wildman–Crippen MR) is 140 cm³/mol. The molecule has 4 aromatic rings. The standard InChI is InChI=1S/C29H30N4O4/c1-18(37-29(2,3)4)26(27(34)33-25-16-10-9-15-24(25)31-32-33)30-28(35)36-17-23-21-13-7-5-11-19(21)20-12-6-8-14-22(20)23/h5-16,18,23,26H,17H2,1-4H3,(H,30,35)/t18-,26+/m1/s1. The van der Waals surface area contributed by atoms with Crippen LogP contribution in [0.2, 0.25) is 0 Å². The average molecular weight is 499 g/mol. The van der Waals surface area contributed by atoms with Crippen molar-refractivity contribution in [2.24, 2.45) is 0 Å². The molecule has 0 fully saturated rings. The lowest BCUT2D eigenvalue weighted by Gasteiger charge is -2.30. The Bertz CT molecular complexity index is 1410. The van der Waals surface area contributed by atoms with E-state index in [4.69, 9.17) is 9.47 Å². The molecule has 0 radical (unpaired) electrons. The van der Waals surface area contributed by atoms with Crippen molar-refractivity contribution < 1.29 is 19.1 Å². The number of ether oxygens (including phenoxy) is 2. The summed E-state index contributed by atoms with van der Waals surface area (Å²) in [6.45, 7) is 7.56. The number of carbonyl (C=O) groups excluding carboxylic acids is 2. The molecule has 1 aromatic heterocycles. The number of alkyl carbamates (subject to hydrolysis) is 1. The lowest BCUT2D eigenvalue weighted by atomic mass is 9.98. The van der Waals surface area contributed by atoms with Crippen LogP contribution in [0.25, 0.3) is 22.2 Å². The summed E-state index contributed by atoms with van der Waals surface area (Å²) in [5.41, 5.74) is 5.11. The number of aromatic nitrogens is 3. The first-order valence-electron chi connectivity index (χ1n) is 12.4. The highest BCUT2D eigenvalue weighted by Crippen LogP contribution is 2.44. The summed E-state index contributed by atoms with van der Waals surface area (Å²) in [6, 6.07) is 22.4. The third-order valence-corrected chi connectivity index (χ3v) is 6.45. The molecule has 0 bridgehead atoms. The third kappa shape index (κ3) is 4.97. The fraction of sp³-hybridized carbons (Fsp3) is 0.310. The molecule has 8 heteroatoms. The number of hydrogen-bond acceptors (Lipinski definition) is 6. The zero-order valence-electron chi connectivity index (χ0n) is 21.3. The molecule has 190 valence electrons. The van der Waals surface area contributed by atoms with Crippen LogP contribution in [-0.2, 0) is 9.47 Å². The zero-order valence-corrected chi connectivity index (χ0v) is 21.3. The van der Waals surface area contributed by atoms with E-state index in [2.05, 4.69) is 39.9 Å². The maximum atomic E-state index is 13.6. The van der Waals surface area contributed by atoms with E-state index in [0.717, 1.165) is 22.3 Å². The van der Waals surface area contributed by atoms with Gasteiger partial charge in [0.2, 0.25) is 0 Å². The minimum absolute atomic E-state index is 0.0881. The van der Waals surface area contributed by atoms with E-state index < -0.39 is 29.7 Å². The van der Waals surface area contributed by atoms with Gasteiger partial charge in [0.25, 0.3) is 5.91 Å². The van der Waals surface area contributed by atoms with E-state index in [1.165, 1.54) is 4.68 Å². The van der Waals surface area contributed by atoms with Crippen molar-refractivity contribution in [1.29, 1.82) is 0 Å². The normalized spacial score (nSPS) is 14.6. The number of benzene rings is 3. The minimum atomic E-state index is -1.04. The largest absolute Gasteiger partial charge is 0.449 e. The highest BCUT2D eigenvalue weighted by atomic mass is 16.6. The van der Waals surface area contributed by atoms with Crippen LogP contribution >= 0.6 is 0 Å². The molecule has 0 saturated carbocycles. The minimum Gasteiger partial charge on any atom is -0.449 e. The van der Waals surface area contributed by atoms with Gasteiger partial charge in [-0.25, -0.2) is 4.79 Å². The van der Waals surface area contributed by atoms with E-state index in [0.29, 0.717) is 11.0 Å². The van der Waals surface area contributed by atoms with Gasteiger partial charge in [0.15, 0.2) is 0 Å². The zero-order chi connectivity index (χ0) is 26.2. The van der Waals surface area contributed by atoms with Gasteiger partial charge in [-0.1, -0.05) is 65.9 Å². The Kier molecular flexibility index (Phi) is 6.52. The molecular weight excluding hydrogens is 468 g/mol. The highest BCUT2D eigenvalue weighted by molar-refractivity contribution is 5.94. The second kappa shape index (κ2) is 9.78.